The number of aromatic nitrogens is 1. The molecule has 10 heteroatoms. The number of aliphatic carboxylic acids is 1. The number of carboxylic acid groups (broad SMARTS) is 1. The number of carboxylic acids is 1. The number of hydrogen-bond donors (Lipinski definition) is 1. The largest absolute Gasteiger partial charge is 0.480 e. The minimum absolute atomic E-state index is 0.0110. The van der Waals surface area contributed by atoms with E-state index in [2.05, 4.69) is 0 Å². The first-order chi connectivity index (χ1) is 10.9. The number of benzene rings is 1. The van der Waals surface area contributed by atoms with Crippen LogP contribution in [0.15, 0.2) is 32.3 Å². The molecule has 0 atom stereocenters. The van der Waals surface area contributed by atoms with Gasteiger partial charge in [0, 0.05) is 19.2 Å². The monoisotopic (exact) mass is 342 g/mol. The molecule has 1 aromatic carbocycles. The highest BCUT2D eigenvalue weighted by Crippen LogP contribution is 2.22. The van der Waals surface area contributed by atoms with Gasteiger partial charge in [-0.1, -0.05) is 0 Å². The Hall–Kier alpha value is -2.17. The summed E-state index contributed by atoms with van der Waals surface area (Å²) in [5.74, 6) is -2.04. The van der Waals surface area contributed by atoms with Crippen LogP contribution < -0.4 is 5.76 Å². The summed E-state index contributed by atoms with van der Waals surface area (Å²) in [6.07, 6.45) is 0. The smallest absolute Gasteiger partial charge is 0.420 e. The first kappa shape index (κ1) is 15.7. The molecule has 0 bridgehead atoms. The normalized spacial score (nSPS) is 16.7. The van der Waals surface area contributed by atoms with Crippen molar-refractivity contribution in [3.63, 3.8) is 0 Å². The van der Waals surface area contributed by atoms with Gasteiger partial charge in [0.15, 0.2) is 5.58 Å². The number of morpholine rings is 1. The molecule has 0 saturated carbocycles. The fourth-order valence-electron chi connectivity index (χ4n) is 2.43. The Balaban J connectivity index is 2.03. The molecule has 0 unspecified atom stereocenters. The lowest BCUT2D eigenvalue weighted by atomic mass is 10.3. The Bertz CT molecular complexity index is 906. The lowest BCUT2D eigenvalue weighted by Crippen LogP contribution is -2.40. The standard InChI is InChI=1S/C13H14N2O7S/c16-12(17)8-15-10-2-1-9(7-11(10)22-13(15)18)23(19,20)14-3-5-21-6-4-14/h1-2,7H,3-6,8H2,(H,16,17). The van der Waals surface area contributed by atoms with Crippen molar-refractivity contribution >= 4 is 27.1 Å². The zero-order valence-electron chi connectivity index (χ0n) is 12.0. The van der Waals surface area contributed by atoms with Gasteiger partial charge >= 0.3 is 11.7 Å². The molecule has 0 aliphatic carbocycles. The molecule has 0 amide bonds. The number of carbonyl (C=O) groups is 1. The van der Waals surface area contributed by atoms with Gasteiger partial charge in [-0.25, -0.2) is 13.2 Å². The van der Waals surface area contributed by atoms with Gasteiger partial charge < -0.3 is 14.3 Å². The van der Waals surface area contributed by atoms with Gasteiger partial charge in [0.05, 0.1) is 23.6 Å². The molecule has 124 valence electrons. The highest BCUT2D eigenvalue weighted by molar-refractivity contribution is 7.89. The Morgan fingerprint density at radius 3 is 2.61 bits per heavy atom. The molecule has 0 radical (unpaired) electrons. The third kappa shape index (κ3) is 2.87. The van der Waals surface area contributed by atoms with Gasteiger partial charge in [0.25, 0.3) is 0 Å². The summed E-state index contributed by atoms with van der Waals surface area (Å²) in [5, 5.41) is 8.81. The van der Waals surface area contributed by atoms with E-state index >= 15 is 0 Å². The van der Waals surface area contributed by atoms with E-state index in [1.54, 1.807) is 0 Å². The predicted octanol–water partition coefficient (Wildman–Crippen LogP) is -0.300. The van der Waals surface area contributed by atoms with Crippen LogP contribution in [0.1, 0.15) is 0 Å². The summed E-state index contributed by atoms with van der Waals surface area (Å²) in [7, 11) is -3.71. The summed E-state index contributed by atoms with van der Waals surface area (Å²) in [5.41, 5.74) is 0.268. The van der Waals surface area contributed by atoms with Gasteiger partial charge in [-0.05, 0) is 12.1 Å². The van der Waals surface area contributed by atoms with Crippen LogP contribution in [-0.2, 0) is 26.1 Å². The van der Waals surface area contributed by atoms with Crippen LogP contribution >= 0.6 is 0 Å². The highest BCUT2D eigenvalue weighted by Gasteiger charge is 2.27. The van der Waals surface area contributed by atoms with Gasteiger partial charge in [0.1, 0.15) is 6.54 Å². The van der Waals surface area contributed by atoms with Crippen molar-refractivity contribution in [2.75, 3.05) is 26.3 Å². The minimum atomic E-state index is -3.71. The van der Waals surface area contributed by atoms with E-state index in [0.29, 0.717) is 13.2 Å². The van der Waals surface area contributed by atoms with Crippen molar-refractivity contribution < 1.29 is 27.5 Å². The molecular weight excluding hydrogens is 328 g/mol. The molecule has 1 aliphatic rings. The summed E-state index contributed by atoms with van der Waals surface area (Å²) in [6.45, 7) is 0.604. The van der Waals surface area contributed by atoms with Crippen LogP contribution in [0.25, 0.3) is 11.1 Å². The second-order valence-electron chi connectivity index (χ2n) is 4.99. The van der Waals surface area contributed by atoms with E-state index in [9.17, 15) is 18.0 Å². The fraction of sp³-hybridized carbons (Fsp3) is 0.385. The third-order valence-corrected chi connectivity index (χ3v) is 5.44. The summed E-state index contributed by atoms with van der Waals surface area (Å²) in [4.78, 5) is 22.5. The van der Waals surface area contributed by atoms with Crippen LogP contribution in [0.5, 0.6) is 0 Å². The molecule has 9 nitrogen and oxygen atoms in total. The van der Waals surface area contributed by atoms with E-state index in [4.69, 9.17) is 14.3 Å². The van der Waals surface area contributed by atoms with Gasteiger partial charge in [0.2, 0.25) is 10.0 Å². The highest BCUT2D eigenvalue weighted by atomic mass is 32.2. The number of sulfonamides is 1. The zero-order valence-corrected chi connectivity index (χ0v) is 12.8. The molecule has 2 heterocycles. The van der Waals surface area contributed by atoms with Gasteiger partial charge in [-0.3, -0.25) is 9.36 Å². The number of fused-ring (bicyclic) bond motifs is 1. The second kappa shape index (κ2) is 5.80. The average Bonchev–Trinajstić information content (AvgIpc) is 2.83. The molecule has 2 aromatic rings. The quantitative estimate of drug-likeness (QED) is 0.810. The summed E-state index contributed by atoms with van der Waals surface area (Å²) in [6, 6.07) is 3.94. The molecule has 1 aromatic heterocycles. The topological polar surface area (TPSA) is 119 Å². The lowest BCUT2D eigenvalue weighted by Gasteiger charge is -2.25. The fourth-order valence-corrected chi connectivity index (χ4v) is 3.85. The average molecular weight is 342 g/mol. The maximum absolute atomic E-state index is 12.6. The van der Waals surface area contributed by atoms with E-state index in [1.807, 2.05) is 0 Å². The zero-order chi connectivity index (χ0) is 16.6. The molecule has 3 rings (SSSR count). The number of oxazole rings is 1. The van der Waals surface area contributed by atoms with E-state index in [-0.39, 0.29) is 29.1 Å². The number of hydrogen-bond acceptors (Lipinski definition) is 6. The molecule has 23 heavy (non-hydrogen) atoms. The lowest BCUT2D eigenvalue weighted by molar-refractivity contribution is -0.137. The van der Waals surface area contributed by atoms with Crippen molar-refractivity contribution in [2.45, 2.75) is 11.4 Å². The van der Waals surface area contributed by atoms with Crippen molar-refractivity contribution in [1.82, 2.24) is 8.87 Å². The summed E-state index contributed by atoms with van der Waals surface area (Å²) >= 11 is 0. The van der Waals surface area contributed by atoms with Crippen LogP contribution in [-0.4, -0.2) is 54.7 Å². The predicted molar refractivity (Wildman–Crippen MR) is 77.7 cm³/mol. The molecule has 0 spiro atoms. The third-order valence-electron chi connectivity index (χ3n) is 3.54. The minimum Gasteiger partial charge on any atom is -0.480 e. The molecule has 1 saturated heterocycles. The van der Waals surface area contributed by atoms with Crippen LogP contribution in [0.3, 0.4) is 0 Å². The second-order valence-corrected chi connectivity index (χ2v) is 6.93. The first-order valence-electron chi connectivity index (χ1n) is 6.82. The van der Waals surface area contributed by atoms with E-state index in [0.717, 1.165) is 4.57 Å². The van der Waals surface area contributed by atoms with Crippen molar-refractivity contribution in [3.05, 3.63) is 28.7 Å². The number of ether oxygens (including phenoxy) is 1. The van der Waals surface area contributed by atoms with E-state index < -0.39 is 28.3 Å². The summed E-state index contributed by atoms with van der Waals surface area (Å²) < 4.78 is 37.4. The van der Waals surface area contributed by atoms with Gasteiger partial charge in [-0.2, -0.15) is 4.31 Å². The Kier molecular flexibility index (Phi) is 3.96. The number of rotatable bonds is 4. The van der Waals surface area contributed by atoms with Crippen LogP contribution in [0, 0.1) is 0 Å². The van der Waals surface area contributed by atoms with Crippen LogP contribution in [0.2, 0.25) is 0 Å². The van der Waals surface area contributed by atoms with Gasteiger partial charge in [-0.15, -0.1) is 0 Å². The van der Waals surface area contributed by atoms with Crippen molar-refractivity contribution in [1.29, 1.82) is 0 Å². The molecule has 1 fully saturated rings. The number of nitrogens with zero attached hydrogens (tertiary/aromatic N) is 2. The maximum atomic E-state index is 12.6. The molecule has 1 N–H and O–H groups in total. The van der Waals surface area contributed by atoms with Crippen molar-refractivity contribution in [2.24, 2.45) is 0 Å². The first-order valence-corrected chi connectivity index (χ1v) is 8.27. The molecule has 1 aliphatic heterocycles. The maximum Gasteiger partial charge on any atom is 0.420 e. The SMILES string of the molecule is O=C(O)Cn1c(=O)oc2cc(S(=O)(=O)N3CCOCC3)ccc21. The Morgan fingerprint density at radius 2 is 1.96 bits per heavy atom. The van der Waals surface area contributed by atoms with E-state index in [1.165, 1.54) is 22.5 Å². The van der Waals surface area contributed by atoms with Crippen LogP contribution in [0.4, 0.5) is 0 Å². The Labute approximate surface area is 130 Å². The molecular formula is C13H14N2O7S. The van der Waals surface area contributed by atoms with Crippen molar-refractivity contribution in [3.8, 4) is 0 Å². The Morgan fingerprint density at radius 1 is 1.26 bits per heavy atom.